The molecule has 0 aliphatic rings. The van der Waals surface area contributed by atoms with E-state index in [0.29, 0.717) is 24.4 Å². The van der Waals surface area contributed by atoms with E-state index in [0.717, 1.165) is 6.54 Å². The molecule has 5 heteroatoms. The van der Waals surface area contributed by atoms with Gasteiger partial charge in [-0.1, -0.05) is 20.8 Å². The fourth-order valence-electron chi connectivity index (χ4n) is 1.10. The van der Waals surface area contributed by atoms with E-state index in [4.69, 9.17) is 10.6 Å². The molecule has 0 rings (SSSR count). The highest BCUT2D eigenvalue weighted by molar-refractivity contribution is 5.79. The van der Waals surface area contributed by atoms with Gasteiger partial charge in [0.1, 0.15) is 0 Å². The predicted molar refractivity (Wildman–Crippen MR) is 68.1 cm³/mol. The number of hydrogen-bond acceptors (Lipinski definition) is 3. The highest BCUT2D eigenvalue weighted by atomic mass is 16.5. The Morgan fingerprint density at radius 2 is 1.94 bits per heavy atom. The first-order valence-electron chi connectivity index (χ1n) is 5.77. The van der Waals surface area contributed by atoms with Gasteiger partial charge in [-0.3, -0.25) is 10.4 Å². The molecule has 16 heavy (non-hydrogen) atoms. The molecule has 0 aromatic carbocycles. The van der Waals surface area contributed by atoms with Gasteiger partial charge in [-0.2, -0.15) is 0 Å². The Kier molecular flexibility index (Phi) is 7.93. The van der Waals surface area contributed by atoms with Crippen molar-refractivity contribution in [1.29, 1.82) is 0 Å². The first kappa shape index (κ1) is 15.2. The zero-order valence-electron chi connectivity index (χ0n) is 11.1. The van der Waals surface area contributed by atoms with E-state index in [-0.39, 0.29) is 6.04 Å². The summed E-state index contributed by atoms with van der Waals surface area (Å²) in [6.45, 7) is 9.97. The lowest BCUT2D eigenvalue weighted by Gasteiger charge is -2.17. The maximum absolute atomic E-state index is 5.40. The fourth-order valence-corrected chi connectivity index (χ4v) is 1.10. The summed E-state index contributed by atoms with van der Waals surface area (Å²) in [5, 5.41) is 3.15. The van der Waals surface area contributed by atoms with Crippen LogP contribution in [0, 0.1) is 11.8 Å². The highest BCUT2D eigenvalue weighted by Gasteiger charge is 2.08. The number of methoxy groups -OCH3 is 1. The van der Waals surface area contributed by atoms with Crippen molar-refractivity contribution < 1.29 is 4.74 Å². The van der Waals surface area contributed by atoms with Crippen molar-refractivity contribution in [3.63, 3.8) is 0 Å². The molecule has 0 aliphatic carbocycles. The third kappa shape index (κ3) is 6.63. The lowest BCUT2D eigenvalue weighted by Crippen LogP contribution is -2.47. The summed E-state index contributed by atoms with van der Waals surface area (Å²) in [7, 11) is 1.67. The number of nitrogens with one attached hydrogen (secondary N) is 2. The van der Waals surface area contributed by atoms with E-state index in [1.165, 1.54) is 0 Å². The topological polar surface area (TPSA) is 71.7 Å². The lowest BCUT2D eigenvalue weighted by molar-refractivity contribution is 0.179. The number of rotatable bonds is 6. The molecule has 2 unspecified atom stereocenters. The van der Waals surface area contributed by atoms with E-state index in [1.54, 1.807) is 7.11 Å². The number of ether oxygens (including phenoxy) is 1. The van der Waals surface area contributed by atoms with Crippen molar-refractivity contribution in [3.05, 3.63) is 0 Å². The Balaban J connectivity index is 4.11. The Labute approximate surface area is 98.8 Å². The summed E-state index contributed by atoms with van der Waals surface area (Å²) in [6, 6.07) is 0.189. The van der Waals surface area contributed by atoms with E-state index in [2.05, 4.69) is 36.5 Å². The molecule has 0 aliphatic heterocycles. The van der Waals surface area contributed by atoms with Crippen molar-refractivity contribution in [2.24, 2.45) is 22.7 Å². The molecular weight excluding hydrogens is 204 g/mol. The molecule has 0 saturated heterocycles. The van der Waals surface area contributed by atoms with Crippen LogP contribution in [0.2, 0.25) is 0 Å². The van der Waals surface area contributed by atoms with Crippen molar-refractivity contribution in [1.82, 2.24) is 10.7 Å². The van der Waals surface area contributed by atoms with Crippen molar-refractivity contribution >= 4 is 5.96 Å². The summed E-state index contributed by atoms with van der Waals surface area (Å²) in [5.41, 5.74) is 2.57. The van der Waals surface area contributed by atoms with Crippen LogP contribution in [0.15, 0.2) is 4.99 Å². The second-order valence-corrected chi connectivity index (χ2v) is 4.56. The molecule has 5 nitrogen and oxygen atoms in total. The zero-order chi connectivity index (χ0) is 12.6. The fraction of sp³-hybridized carbons (Fsp3) is 0.909. The number of hydrogen-bond donors (Lipinski definition) is 3. The normalized spacial score (nSPS) is 16.1. The van der Waals surface area contributed by atoms with Gasteiger partial charge in [-0.15, -0.1) is 0 Å². The van der Waals surface area contributed by atoms with Gasteiger partial charge in [0.15, 0.2) is 0 Å². The number of guanidine groups is 1. The van der Waals surface area contributed by atoms with E-state index >= 15 is 0 Å². The quantitative estimate of drug-likeness (QED) is 0.272. The molecule has 0 fully saturated rings. The molecule has 96 valence electrons. The lowest BCUT2D eigenvalue weighted by atomic mass is 9.99. The third-order valence-electron chi connectivity index (χ3n) is 2.61. The minimum absolute atomic E-state index is 0.189. The summed E-state index contributed by atoms with van der Waals surface area (Å²) in [4.78, 5) is 4.40. The Hall–Kier alpha value is -0.810. The predicted octanol–water partition coefficient (Wildman–Crippen LogP) is 0.722. The SMILES string of the molecule is COCC(C)NC(=NCC(C)C(C)C)NN. The third-order valence-corrected chi connectivity index (χ3v) is 2.61. The number of nitrogens with two attached hydrogens (primary N) is 1. The molecule has 0 aromatic heterocycles. The van der Waals surface area contributed by atoms with Crippen LogP contribution >= 0.6 is 0 Å². The first-order chi connectivity index (χ1) is 7.51. The molecule has 0 spiro atoms. The smallest absolute Gasteiger partial charge is 0.206 e. The van der Waals surface area contributed by atoms with Crippen LogP contribution in [0.5, 0.6) is 0 Å². The molecule has 0 bridgehead atoms. The maximum atomic E-state index is 5.40. The molecule has 0 radical (unpaired) electrons. The van der Waals surface area contributed by atoms with Gasteiger partial charge in [-0.25, -0.2) is 5.84 Å². The van der Waals surface area contributed by atoms with Gasteiger partial charge < -0.3 is 10.1 Å². The van der Waals surface area contributed by atoms with Crippen LogP contribution in [0.3, 0.4) is 0 Å². The standard InChI is InChI=1S/C11H26N4O/c1-8(2)9(3)6-13-11(15-12)14-10(4)7-16-5/h8-10H,6-7,12H2,1-5H3,(H2,13,14,15). The van der Waals surface area contributed by atoms with Crippen LogP contribution in [0.4, 0.5) is 0 Å². The summed E-state index contributed by atoms with van der Waals surface area (Å²) in [5.74, 6) is 7.19. The van der Waals surface area contributed by atoms with E-state index in [9.17, 15) is 0 Å². The molecule has 0 heterocycles. The van der Waals surface area contributed by atoms with Crippen molar-refractivity contribution in [3.8, 4) is 0 Å². The maximum Gasteiger partial charge on any atom is 0.206 e. The molecule has 0 aromatic rings. The minimum atomic E-state index is 0.189. The molecule has 2 atom stereocenters. The van der Waals surface area contributed by atoms with Gasteiger partial charge in [0.05, 0.1) is 6.61 Å². The average Bonchev–Trinajstić information content (AvgIpc) is 2.23. The van der Waals surface area contributed by atoms with E-state index in [1.807, 2.05) is 6.92 Å². The summed E-state index contributed by atoms with van der Waals surface area (Å²) < 4.78 is 5.03. The van der Waals surface area contributed by atoms with Crippen LogP contribution in [-0.2, 0) is 4.74 Å². The number of hydrazine groups is 1. The second kappa shape index (κ2) is 8.35. The number of aliphatic imine (C=N–C) groups is 1. The molecule has 0 saturated carbocycles. The minimum Gasteiger partial charge on any atom is -0.383 e. The molecular formula is C11H26N4O. The number of nitrogens with zero attached hydrogens (tertiary/aromatic N) is 1. The zero-order valence-corrected chi connectivity index (χ0v) is 11.1. The highest BCUT2D eigenvalue weighted by Crippen LogP contribution is 2.09. The van der Waals surface area contributed by atoms with Crippen molar-refractivity contribution in [2.75, 3.05) is 20.3 Å². The Morgan fingerprint density at radius 1 is 1.31 bits per heavy atom. The Morgan fingerprint density at radius 3 is 2.38 bits per heavy atom. The molecule has 0 amide bonds. The van der Waals surface area contributed by atoms with Gasteiger partial charge in [0.25, 0.3) is 0 Å². The van der Waals surface area contributed by atoms with Gasteiger partial charge in [0, 0.05) is 19.7 Å². The van der Waals surface area contributed by atoms with Crippen molar-refractivity contribution in [2.45, 2.75) is 33.7 Å². The largest absolute Gasteiger partial charge is 0.383 e. The summed E-state index contributed by atoms with van der Waals surface area (Å²) in [6.07, 6.45) is 0. The van der Waals surface area contributed by atoms with Gasteiger partial charge in [0.2, 0.25) is 5.96 Å². The summed E-state index contributed by atoms with van der Waals surface area (Å²) >= 11 is 0. The van der Waals surface area contributed by atoms with Gasteiger partial charge >= 0.3 is 0 Å². The van der Waals surface area contributed by atoms with Gasteiger partial charge in [-0.05, 0) is 18.8 Å². The van der Waals surface area contributed by atoms with Crippen LogP contribution < -0.4 is 16.6 Å². The van der Waals surface area contributed by atoms with Crippen LogP contribution in [0.25, 0.3) is 0 Å². The second-order valence-electron chi connectivity index (χ2n) is 4.56. The average molecular weight is 230 g/mol. The Bertz CT molecular complexity index is 206. The van der Waals surface area contributed by atoms with Crippen LogP contribution in [-0.4, -0.2) is 32.3 Å². The first-order valence-corrected chi connectivity index (χ1v) is 5.77. The van der Waals surface area contributed by atoms with Crippen LogP contribution in [0.1, 0.15) is 27.7 Å². The van der Waals surface area contributed by atoms with E-state index < -0.39 is 0 Å². The monoisotopic (exact) mass is 230 g/mol. The molecule has 4 N–H and O–H groups in total.